The molecular weight excluding hydrogens is 282 g/mol. The first-order chi connectivity index (χ1) is 8.22. The van der Waals surface area contributed by atoms with Crippen molar-refractivity contribution in [1.82, 2.24) is 9.78 Å². The van der Waals surface area contributed by atoms with Crippen LogP contribution in [0.1, 0.15) is 11.1 Å². The molecular formula is C12H12BrN3O. The molecule has 0 atom stereocenters. The van der Waals surface area contributed by atoms with Gasteiger partial charge in [-0.3, -0.25) is 4.68 Å². The first-order valence-corrected chi connectivity index (χ1v) is 6.24. The Kier molecular flexibility index (Phi) is 2.55. The highest BCUT2D eigenvalue weighted by Crippen LogP contribution is 2.33. The van der Waals surface area contributed by atoms with Crippen LogP contribution in [0.15, 0.2) is 29.0 Å². The Morgan fingerprint density at radius 3 is 3.12 bits per heavy atom. The number of ether oxygens (including phenoxy) is 1. The molecule has 2 N–H and O–H groups in total. The van der Waals surface area contributed by atoms with Crippen molar-refractivity contribution in [2.24, 2.45) is 0 Å². The smallest absolute Gasteiger partial charge is 0.127 e. The summed E-state index contributed by atoms with van der Waals surface area (Å²) in [5.74, 6) is 1.00. The number of rotatable bonds is 2. The summed E-state index contributed by atoms with van der Waals surface area (Å²) in [6.07, 6.45) is 4.45. The van der Waals surface area contributed by atoms with Crippen LogP contribution >= 0.6 is 15.9 Å². The highest BCUT2D eigenvalue weighted by atomic mass is 79.9. The van der Waals surface area contributed by atoms with Gasteiger partial charge in [0.1, 0.15) is 5.75 Å². The molecule has 88 valence electrons. The van der Waals surface area contributed by atoms with E-state index in [1.807, 2.05) is 10.9 Å². The molecule has 0 saturated carbocycles. The summed E-state index contributed by atoms with van der Waals surface area (Å²) < 4.78 is 8.57. The molecule has 0 aliphatic carbocycles. The van der Waals surface area contributed by atoms with Crippen LogP contribution < -0.4 is 10.5 Å². The predicted molar refractivity (Wildman–Crippen MR) is 69.1 cm³/mol. The van der Waals surface area contributed by atoms with E-state index in [4.69, 9.17) is 10.5 Å². The number of fused-ring (bicyclic) bond motifs is 1. The van der Waals surface area contributed by atoms with Crippen LogP contribution in [0.3, 0.4) is 0 Å². The number of nitrogens with zero attached hydrogens (tertiary/aromatic N) is 2. The minimum atomic E-state index is 0.678. The lowest BCUT2D eigenvalue weighted by molar-refractivity contribution is 0.352. The lowest BCUT2D eigenvalue weighted by Gasteiger charge is -2.09. The molecule has 2 aromatic rings. The molecule has 0 amide bonds. The van der Waals surface area contributed by atoms with Crippen molar-refractivity contribution in [3.05, 3.63) is 40.1 Å². The van der Waals surface area contributed by atoms with E-state index >= 15 is 0 Å². The third-order valence-corrected chi connectivity index (χ3v) is 3.27. The van der Waals surface area contributed by atoms with Crippen LogP contribution in [0, 0.1) is 0 Å². The minimum absolute atomic E-state index is 0.678. The maximum atomic E-state index is 5.67. The van der Waals surface area contributed by atoms with Gasteiger partial charge in [0.2, 0.25) is 0 Å². The number of benzene rings is 1. The Morgan fingerprint density at radius 1 is 1.47 bits per heavy atom. The Labute approximate surface area is 108 Å². The molecule has 0 bridgehead atoms. The Bertz CT molecular complexity index is 565. The molecule has 5 heteroatoms. The van der Waals surface area contributed by atoms with Crippen molar-refractivity contribution >= 4 is 21.6 Å². The fourth-order valence-electron chi connectivity index (χ4n) is 2.10. The van der Waals surface area contributed by atoms with E-state index in [0.29, 0.717) is 12.2 Å². The second kappa shape index (κ2) is 4.07. The van der Waals surface area contributed by atoms with Gasteiger partial charge in [0.15, 0.2) is 0 Å². The maximum Gasteiger partial charge on any atom is 0.127 e. The molecule has 2 heterocycles. The molecule has 0 radical (unpaired) electrons. The van der Waals surface area contributed by atoms with Crippen molar-refractivity contribution in [2.75, 3.05) is 12.3 Å². The van der Waals surface area contributed by atoms with Crippen molar-refractivity contribution < 1.29 is 4.74 Å². The quantitative estimate of drug-likeness (QED) is 0.924. The van der Waals surface area contributed by atoms with Gasteiger partial charge in [0.25, 0.3) is 0 Å². The van der Waals surface area contributed by atoms with Crippen molar-refractivity contribution in [3.8, 4) is 5.75 Å². The molecule has 1 aliphatic rings. The summed E-state index contributed by atoms with van der Waals surface area (Å²) in [6, 6.07) is 4.19. The largest absolute Gasteiger partial charge is 0.493 e. The molecule has 0 spiro atoms. The summed E-state index contributed by atoms with van der Waals surface area (Å²) in [7, 11) is 0. The maximum absolute atomic E-state index is 5.67. The molecule has 1 aromatic heterocycles. The van der Waals surface area contributed by atoms with Gasteiger partial charge in [-0.1, -0.05) is 15.9 Å². The van der Waals surface area contributed by atoms with Crippen LogP contribution in [-0.4, -0.2) is 16.4 Å². The Hall–Kier alpha value is -1.49. The van der Waals surface area contributed by atoms with E-state index < -0.39 is 0 Å². The van der Waals surface area contributed by atoms with E-state index in [1.165, 1.54) is 5.56 Å². The highest BCUT2D eigenvalue weighted by Gasteiger charge is 2.17. The van der Waals surface area contributed by atoms with Crippen molar-refractivity contribution in [1.29, 1.82) is 0 Å². The van der Waals surface area contributed by atoms with Crippen LogP contribution in [0.25, 0.3) is 0 Å². The van der Waals surface area contributed by atoms with E-state index in [-0.39, 0.29) is 0 Å². The van der Waals surface area contributed by atoms with Gasteiger partial charge < -0.3 is 10.5 Å². The van der Waals surface area contributed by atoms with Gasteiger partial charge in [0, 0.05) is 22.7 Å². The third kappa shape index (κ3) is 2.02. The van der Waals surface area contributed by atoms with Gasteiger partial charge in [-0.15, -0.1) is 0 Å². The lowest BCUT2D eigenvalue weighted by atomic mass is 10.1. The fourth-order valence-corrected chi connectivity index (χ4v) is 2.66. The average Bonchev–Trinajstić information content (AvgIpc) is 2.87. The zero-order valence-electron chi connectivity index (χ0n) is 9.19. The predicted octanol–water partition coefficient (Wildman–Crippen LogP) is 2.21. The van der Waals surface area contributed by atoms with Gasteiger partial charge in [-0.25, -0.2) is 0 Å². The van der Waals surface area contributed by atoms with Crippen LogP contribution in [0.2, 0.25) is 0 Å². The standard InChI is InChI=1S/C12H12BrN3O/c13-10-3-8-1-2-17-12(8)9(4-10)6-16-7-11(14)5-15-16/h3-5,7H,1-2,6,14H2. The van der Waals surface area contributed by atoms with Crippen LogP contribution in [-0.2, 0) is 13.0 Å². The highest BCUT2D eigenvalue weighted by molar-refractivity contribution is 9.10. The minimum Gasteiger partial charge on any atom is -0.493 e. The summed E-state index contributed by atoms with van der Waals surface area (Å²) >= 11 is 3.52. The zero-order valence-corrected chi connectivity index (χ0v) is 10.8. The van der Waals surface area contributed by atoms with E-state index in [0.717, 1.165) is 28.8 Å². The molecule has 0 saturated heterocycles. The number of halogens is 1. The second-order valence-corrected chi connectivity index (χ2v) is 5.04. The SMILES string of the molecule is Nc1cnn(Cc2cc(Br)cc3c2OCC3)c1. The van der Waals surface area contributed by atoms with Crippen molar-refractivity contribution in [2.45, 2.75) is 13.0 Å². The number of nitrogens with two attached hydrogens (primary N) is 1. The molecule has 1 aromatic carbocycles. The molecule has 0 unspecified atom stereocenters. The summed E-state index contributed by atoms with van der Waals surface area (Å²) in [6.45, 7) is 1.44. The first-order valence-electron chi connectivity index (χ1n) is 5.44. The van der Waals surface area contributed by atoms with Crippen molar-refractivity contribution in [3.63, 3.8) is 0 Å². The first kappa shape index (κ1) is 10.7. The van der Waals surface area contributed by atoms with Crippen LogP contribution in [0.5, 0.6) is 5.75 Å². The van der Waals surface area contributed by atoms with E-state index in [2.05, 4.69) is 33.2 Å². The topological polar surface area (TPSA) is 53.1 Å². The average molecular weight is 294 g/mol. The summed E-state index contributed by atoms with van der Waals surface area (Å²) in [5, 5.41) is 4.19. The zero-order chi connectivity index (χ0) is 11.8. The number of aromatic nitrogens is 2. The Morgan fingerprint density at radius 2 is 2.35 bits per heavy atom. The van der Waals surface area contributed by atoms with Crippen LogP contribution in [0.4, 0.5) is 5.69 Å². The number of hydrogen-bond donors (Lipinski definition) is 1. The molecule has 1 aliphatic heterocycles. The summed E-state index contributed by atoms with van der Waals surface area (Å²) in [4.78, 5) is 0. The molecule has 0 fully saturated rings. The van der Waals surface area contributed by atoms with E-state index in [1.54, 1.807) is 6.20 Å². The lowest BCUT2D eigenvalue weighted by Crippen LogP contribution is -2.02. The number of anilines is 1. The normalized spacial score (nSPS) is 13.5. The van der Waals surface area contributed by atoms with Gasteiger partial charge in [0.05, 0.1) is 25.0 Å². The van der Waals surface area contributed by atoms with E-state index in [9.17, 15) is 0 Å². The summed E-state index contributed by atoms with van der Waals surface area (Å²) in [5.41, 5.74) is 8.72. The number of hydrogen-bond acceptors (Lipinski definition) is 3. The Balaban J connectivity index is 1.98. The van der Waals surface area contributed by atoms with Gasteiger partial charge in [-0.2, -0.15) is 5.10 Å². The van der Waals surface area contributed by atoms with Gasteiger partial charge in [-0.05, 0) is 17.7 Å². The number of nitrogen functional groups attached to an aromatic ring is 1. The fraction of sp³-hybridized carbons (Fsp3) is 0.250. The third-order valence-electron chi connectivity index (χ3n) is 2.81. The molecule has 3 rings (SSSR count). The molecule has 4 nitrogen and oxygen atoms in total. The molecule has 17 heavy (non-hydrogen) atoms. The second-order valence-electron chi connectivity index (χ2n) is 4.12. The monoisotopic (exact) mass is 293 g/mol. The van der Waals surface area contributed by atoms with Gasteiger partial charge >= 0.3 is 0 Å².